The Kier molecular flexibility index (Phi) is 6.53. The van der Waals surface area contributed by atoms with E-state index in [1.807, 2.05) is 22.9 Å². The summed E-state index contributed by atoms with van der Waals surface area (Å²) in [6, 6.07) is 6.15. The fourth-order valence-electron chi connectivity index (χ4n) is 3.11. The number of hydrogen-bond donors (Lipinski definition) is 0. The van der Waals surface area contributed by atoms with E-state index < -0.39 is 0 Å². The number of thioether (sulfide) groups is 1. The van der Waals surface area contributed by atoms with Crippen molar-refractivity contribution in [3.05, 3.63) is 28.2 Å². The van der Waals surface area contributed by atoms with Gasteiger partial charge in [-0.25, -0.2) is 4.68 Å². The van der Waals surface area contributed by atoms with Crippen molar-refractivity contribution in [1.29, 1.82) is 0 Å². The summed E-state index contributed by atoms with van der Waals surface area (Å²) in [7, 11) is 3.43. The average molecular weight is 440 g/mol. The SMILES string of the molecule is COc1ccc(Br)cc1CN(C)C(=O)CSc1nnnn1C1CCCC1. The van der Waals surface area contributed by atoms with Crippen molar-refractivity contribution >= 4 is 33.6 Å². The molecule has 1 amide bonds. The maximum atomic E-state index is 12.5. The molecule has 0 bridgehead atoms. The molecule has 0 aliphatic heterocycles. The summed E-state index contributed by atoms with van der Waals surface area (Å²) in [5.74, 6) is 1.10. The molecule has 1 heterocycles. The monoisotopic (exact) mass is 439 g/mol. The summed E-state index contributed by atoms with van der Waals surface area (Å²) < 4.78 is 8.21. The molecule has 1 fully saturated rings. The Hall–Kier alpha value is -1.61. The Bertz CT molecular complexity index is 763. The summed E-state index contributed by atoms with van der Waals surface area (Å²) in [4.78, 5) is 14.2. The lowest BCUT2D eigenvalue weighted by Crippen LogP contribution is -2.28. The number of tetrazole rings is 1. The third kappa shape index (κ3) is 4.56. The largest absolute Gasteiger partial charge is 0.496 e. The zero-order valence-electron chi connectivity index (χ0n) is 14.9. The Morgan fingerprint density at radius 1 is 1.42 bits per heavy atom. The molecule has 1 aromatic heterocycles. The molecule has 1 aliphatic rings. The highest BCUT2D eigenvalue weighted by Gasteiger charge is 2.22. The van der Waals surface area contributed by atoms with E-state index in [0.29, 0.717) is 18.3 Å². The van der Waals surface area contributed by atoms with Crippen LogP contribution in [0.15, 0.2) is 27.8 Å². The topological polar surface area (TPSA) is 73.1 Å². The summed E-state index contributed by atoms with van der Waals surface area (Å²) in [6.07, 6.45) is 4.64. The quantitative estimate of drug-likeness (QED) is 0.616. The van der Waals surface area contributed by atoms with Gasteiger partial charge in [-0.2, -0.15) is 0 Å². The molecular weight excluding hydrogens is 418 g/mol. The molecule has 1 saturated carbocycles. The first-order valence-electron chi connectivity index (χ1n) is 8.55. The van der Waals surface area contributed by atoms with Crippen molar-refractivity contribution in [3.8, 4) is 5.75 Å². The van der Waals surface area contributed by atoms with Crippen LogP contribution in [0.25, 0.3) is 0 Å². The summed E-state index contributed by atoms with van der Waals surface area (Å²) >= 11 is 4.86. The first-order valence-corrected chi connectivity index (χ1v) is 10.3. The fourth-order valence-corrected chi connectivity index (χ4v) is 4.40. The van der Waals surface area contributed by atoms with Crippen molar-refractivity contribution in [2.75, 3.05) is 19.9 Å². The van der Waals surface area contributed by atoms with E-state index in [9.17, 15) is 4.79 Å². The van der Waals surface area contributed by atoms with E-state index in [2.05, 4.69) is 31.5 Å². The van der Waals surface area contributed by atoms with Crippen molar-refractivity contribution in [2.45, 2.75) is 43.4 Å². The first-order chi connectivity index (χ1) is 12.6. The number of amides is 1. The number of halogens is 1. The number of hydrogen-bond acceptors (Lipinski definition) is 6. The zero-order valence-corrected chi connectivity index (χ0v) is 17.3. The third-order valence-corrected chi connectivity index (χ3v) is 5.95. The summed E-state index contributed by atoms with van der Waals surface area (Å²) in [6.45, 7) is 0.482. The van der Waals surface area contributed by atoms with Crippen LogP contribution in [-0.2, 0) is 11.3 Å². The molecule has 9 heteroatoms. The van der Waals surface area contributed by atoms with Gasteiger partial charge in [-0.1, -0.05) is 40.5 Å². The van der Waals surface area contributed by atoms with Gasteiger partial charge in [0, 0.05) is 23.6 Å². The number of carbonyl (C=O) groups excluding carboxylic acids is 1. The molecule has 2 aromatic rings. The molecule has 0 saturated heterocycles. The van der Waals surface area contributed by atoms with E-state index in [-0.39, 0.29) is 5.91 Å². The normalized spacial score (nSPS) is 14.6. The molecule has 3 rings (SSSR count). The standard InChI is InChI=1S/C17H22BrN5O2S/c1-22(10-12-9-13(18)7-8-15(12)25-2)16(24)11-26-17-19-20-21-23(17)14-5-3-4-6-14/h7-9,14H,3-6,10-11H2,1-2H3. The fraction of sp³-hybridized carbons (Fsp3) is 0.529. The van der Waals surface area contributed by atoms with Gasteiger partial charge in [-0.15, -0.1) is 5.10 Å². The van der Waals surface area contributed by atoms with Crippen molar-refractivity contribution in [2.24, 2.45) is 0 Å². The second-order valence-corrected chi connectivity index (χ2v) is 8.20. The van der Waals surface area contributed by atoms with Crippen LogP contribution in [0.1, 0.15) is 37.3 Å². The summed E-state index contributed by atoms with van der Waals surface area (Å²) in [5, 5.41) is 12.7. The number of rotatable bonds is 7. The van der Waals surface area contributed by atoms with E-state index >= 15 is 0 Å². The van der Waals surface area contributed by atoms with Gasteiger partial charge in [0.1, 0.15) is 5.75 Å². The number of nitrogens with zero attached hydrogens (tertiary/aromatic N) is 5. The van der Waals surface area contributed by atoms with Crippen molar-refractivity contribution in [3.63, 3.8) is 0 Å². The molecule has 0 atom stereocenters. The smallest absolute Gasteiger partial charge is 0.233 e. The minimum absolute atomic E-state index is 0.0259. The number of methoxy groups -OCH3 is 1. The van der Waals surface area contributed by atoms with Gasteiger partial charge in [0.25, 0.3) is 0 Å². The Morgan fingerprint density at radius 3 is 2.92 bits per heavy atom. The number of carbonyl (C=O) groups is 1. The Labute approximate surface area is 165 Å². The number of benzene rings is 1. The van der Waals surface area contributed by atoms with Crippen LogP contribution >= 0.6 is 27.7 Å². The molecule has 7 nitrogen and oxygen atoms in total. The van der Waals surface area contributed by atoms with Crippen LogP contribution in [0.5, 0.6) is 5.75 Å². The van der Waals surface area contributed by atoms with Crippen LogP contribution in [0.4, 0.5) is 0 Å². The van der Waals surface area contributed by atoms with Gasteiger partial charge < -0.3 is 9.64 Å². The molecular formula is C17H22BrN5O2S. The number of aromatic nitrogens is 4. The lowest BCUT2D eigenvalue weighted by atomic mass is 10.2. The van der Waals surface area contributed by atoms with E-state index in [0.717, 1.165) is 33.8 Å². The molecule has 0 radical (unpaired) electrons. The first kappa shape index (κ1) is 19.2. The van der Waals surface area contributed by atoms with Crippen molar-refractivity contribution in [1.82, 2.24) is 25.1 Å². The maximum absolute atomic E-state index is 12.5. The van der Waals surface area contributed by atoms with Gasteiger partial charge in [0.15, 0.2) is 0 Å². The number of ether oxygens (including phenoxy) is 1. The molecule has 1 aromatic carbocycles. The molecule has 0 unspecified atom stereocenters. The minimum Gasteiger partial charge on any atom is -0.496 e. The highest BCUT2D eigenvalue weighted by molar-refractivity contribution is 9.10. The molecule has 1 aliphatic carbocycles. The van der Waals surface area contributed by atoms with Crippen LogP contribution in [-0.4, -0.2) is 50.9 Å². The summed E-state index contributed by atoms with van der Waals surface area (Å²) in [5.41, 5.74) is 0.957. The Balaban J connectivity index is 1.58. The van der Waals surface area contributed by atoms with Crippen LogP contribution in [0, 0.1) is 0 Å². The van der Waals surface area contributed by atoms with Crippen LogP contribution in [0.2, 0.25) is 0 Å². The molecule has 0 spiro atoms. The van der Waals surface area contributed by atoms with Gasteiger partial charge in [0.05, 0.1) is 18.9 Å². The van der Waals surface area contributed by atoms with Gasteiger partial charge in [0.2, 0.25) is 11.1 Å². The van der Waals surface area contributed by atoms with Gasteiger partial charge in [-0.05, 0) is 41.5 Å². The van der Waals surface area contributed by atoms with Crippen molar-refractivity contribution < 1.29 is 9.53 Å². The highest BCUT2D eigenvalue weighted by atomic mass is 79.9. The Morgan fingerprint density at radius 2 is 2.19 bits per heavy atom. The lowest BCUT2D eigenvalue weighted by molar-refractivity contribution is -0.127. The van der Waals surface area contributed by atoms with E-state index in [1.165, 1.54) is 24.6 Å². The van der Waals surface area contributed by atoms with Gasteiger partial charge in [-0.3, -0.25) is 4.79 Å². The third-order valence-electron chi connectivity index (χ3n) is 4.53. The highest BCUT2D eigenvalue weighted by Crippen LogP contribution is 2.31. The maximum Gasteiger partial charge on any atom is 0.233 e. The van der Waals surface area contributed by atoms with Crippen LogP contribution in [0.3, 0.4) is 0 Å². The average Bonchev–Trinajstić information content (AvgIpc) is 3.30. The molecule has 140 valence electrons. The predicted octanol–water partition coefficient (Wildman–Crippen LogP) is 3.31. The second-order valence-electron chi connectivity index (χ2n) is 6.34. The molecule has 26 heavy (non-hydrogen) atoms. The molecule has 0 N–H and O–H groups in total. The zero-order chi connectivity index (χ0) is 18.5. The minimum atomic E-state index is 0.0259. The second kappa shape index (κ2) is 8.85. The van der Waals surface area contributed by atoms with Crippen LogP contribution < -0.4 is 4.74 Å². The van der Waals surface area contributed by atoms with E-state index in [4.69, 9.17) is 4.74 Å². The van der Waals surface area contributed by atoms with Gasteiger partial charge >= 0.3 is 0 Å². The lowest BCUT2D eigenvalue weighted by Gasteiger charge is -2.19. The predicted molar refractivity (Wildman–Crippen MR) is 103 cm³/mol. The van der Waals surface area contributed by atoms with E-state index in [1.54, 1.807) is 19.1 Å².